The summed E-state index contributed by atoms with van der Waals surface area (Å²) in [4.78, 5) is 2.54. The van der Waals surface area contributed by atoms with Crippen LogP contribution in [0.1, 0.15) is 186 Å². The molecule has 382 valence electrons. The summed E-state index contributed by atoms with van der Waals surface area (Å²) in [5, 5.41) is 0. The van der Waals surface area contributed by atoms with Crippen molar-refractivity contribution < 1.29 is 0 Å². The van der Waals surface area contributed by atoms with Crippen LogP contribution in [-0.4, -0.2) is 0 Å². The third-order valence-corrected chi connectivity index (χ3v) is 18.1. The molecular weight excluding hydrogens is 903 g/mol. The molecule has 3 aliphatic rings. The van der Waals surface area contributed by atoms with Crippen molar-refractivity contribution in [3.05, 3.63) is 207 Å². The van der Waals surface area contributed by atoms with Gasteiger partial charge < -0.3 is 4.90 Å². The molecule has 0 heterocycles. The van der Waals surface area contributed by atoms with Crippen molar-refractivity contribution in [2.75, 3.05) is 4.90 Å². The molecule has 0 bridgehead atoms. The summed E-state index contributed by atoms with van der Waals surface area (Å²) in [6, 6.07) is 58.0. The lowest BCUT2D eigenvalue weighted by Gasteiger charge is -2.30. The van der Waals surface area contributed by atoms with Crippen molar-refractivity contribution in [3.8, 4) is 55.6 Å². The average Bonchev–Trinajstić information content (AvgIpc) is 3.85. The molecule has 1 heteroatoms. The third-order valence-electron chi connectivity index (χ3n) is 18.1. The monoisotopic (exact) mass is 984 g/mol. The topological polar surface area (TPSA) is 3.24 Å². The number of nitrogens with zero attached hydrogens (tertiary/aromatic N) is 1. The van der Waals surface area contributed by atoms with Gasteiger partial charge in [-0.3, -0.25) is 0 Å². The maximum Gasteiger partial charge on any atom is 0.0474 e. The minimum Gasteiger partial charge on any atom is -0.310 e. The Morgan fingerprint density at radius 2 is 0.547 bits per heavy atom. The zero-order valence-electron chi connectivity index (χ0n) is 48.8. The van der Waals surface area contributed by atoms with Gasteiger partial charge in [-0.2, -0.15) is 0 Å². The molecule has 0 unspecified atom stereocenters. The number of benzene rings is 8. The number of hydrogen-bond donors (Lipinski definition) is 0. The second kappa shape index (κ2) is 16.5. The van der Waals surface area contributed by atoms with Crippen molar-refractivity contribution in [3.63, 3.8) is 0 Å². The van der Waals surface area contributed by atoms with E-state index in [-0.39, 0.29) is 37.9 Å². The van der Waals surface area contributed by atoms with E-state index in [1.807, 2.05) is 0 Å². The fraction of sp³-hybridized carbons (Fsp3) is 0.351. The van der Waals surface area contributed by atoms with E-state index in [0.717, 1.165) is 17.1 Å². The Kier molecular flexibility index (Phi) is 11.2. The van der Waals surface area contributed by atoms with Crippen LogP contribution in [0.3, 0.4) is 0 Å². The Labute approximate surface area is 451 Å². The van der Waals surface area contributed by atoms with Crippen molar-refractivity contribution in [2.24, 2.45) is 0 Å². The van der Waals surface area contributed by atoms with Crippen LogP contribution in [0, 0.1) is 6.92 Å². The summed E-state index contributed by atoms with van der Waals surface area (Å²) in [6.45, 7) is 44.8. The van der Waals surface area contributed by atoms with Gasteiger partial charge in [0, 0.05) is 33.3 Å². The lowest BCUT2D eigenvalue weighted by molar-refractivity contribution is 0.584. The summed E-state index contributed by atoms with van der Waals surface area (Å²) in [7, 11) is 0. The molecule has 75 heavy (non-hydrogen) atoms. The Balaban J connectivity index is 1.14. The Bertz CT molecular complexity index is 3500. The highest BCUT2D eigenvalue weighted by atomic mass is 15.1. The fourth-order valence-corrected chi connectivity index (χ4v) is 13.1. The van der Waals surface area contributed by atoms with E-state index in [0.29, 0.717) is 0 Å². The third kappa shape index (κ3) is 8.08. The summed E-state index contributed by atoms with van der Waals surface area (Å²) in [6.07, 6.45) is 0. The highest BCUT2D eigenvalue weighted by Crippen LogP contribution is 2.56. The number of hydrogen-bond acceptors (Lipinski definition) is 1. The highest BCUT2D eigenvalue weighted by Gasteiger charge is 2.40. The van der Waals surface area contributed by atoms with Crippen LogP contribution >= 0.6 is 0 Å². The summed E-state index contributed by atoms with van der Waals surface area (Å²) in [5.74, 6) is 0. The maximum atomic E-state index is 2.54. The first-order chi connectivity index (χ1) is 34.9. The molecule has 0 fully saturated rings. The van der Waals surface area contributed by atoms with E-state index < -0.39 is 0 Å². The molecule has 0 aliphatic heterocycles. The zero-order chi connectivity index (χ0) is 53.9. The van der Waals surface area contributed by atoms with Crippen LogP contribution in [-0.2, 0) is 37.9 Å². The molecule has 0 radical (unpaired) electrons. The predicted octanol–water partition coefficient (Wildman–Crippen LogP) is 20.9. The Morgan fingerprint density at radius 1 is 0.267 bits per heavy atom. The molecule has 0 saturated carbocycles. The van der Waals surface area contributed by atoms with Gasteiger partial charge in [0.25, 0.3) is 0 Å². The normalized spacial score (nSPS) is 15.7. The van der Waals surface area contributed by atoms with E-state index >= 15 is 0 Å². The SMILES string of the molecule is Cc1c(-c2ccc3c(c2)C(C)(C)c2cc(C(C)(C)C)ccc2-3)cc(N(c2ccc(C(C)(C)C)cc2)c2ccc3c(c2)C(C)(C)c2cc(C(C)(C)C)ccc2-3)cc1-c1ccc2c(c1)C(C)(C)c1cc(C(C)(C)C)ccc1-2. The van der Waals surface area contributed by atoms with Gasteiger partial charge in [-0.15, -0.1) is 0 Å². The molecule has 1 nitrogen and oxygen atoms in total. The molecular formula is C74H81N. The minimum absolute atomic E-state index is 0.0213. The molecule has 3 aliphatic carbocycles. The van der Waals surface area contributed by atoms with Gasteiger partial charge in [0.05, 0.1) is 0 Å². The van der Waals surface area contributed by atoms with Crippen LogP contribution in [0.4, 0.5) is 17.1 Å². The quantitative estimate of drug-likeness (QED) is 0.166. The predicted molar refractivity (Wildman–Crippen MR) is 324 cm³/mol. The van der Waals surface area contributed by atoms with Crippen LogP contribution in [0.5, 0.6) is 0 Å². The van der Waals surface area contributed by atoms with Crippen LogP contribution in [0.25, 0.3) is 55.6 Å². The van der Waals surface area contributed by atoms with Gasteiger partial charge in [0.1, 0.15) is 0 Å². The summed E-state index contributed by atoms with van der Waals surface area (Å²) < 4.78 is 0. The largest absolute Gasteiger partial charge is 0.310 e. The van der Waals surface area contributed by atoms with E-state index in [9.17, 15) is 0 Å². The molecule has 0 spiro atoms. The van der Waals surface area contributed by atoms with E-state index in [1.165, 1.54) is 117 Å². The standard InChI is InChI=1S/C74H81N/c1-44-60(45-20-30-54-56-32-24-48(69(5,6)7)38-64(56)72(14,15)62(54)36-45)41-53(42-61(44)46-21-31-55-57-33-25-49(70(8,9)10)39-65(57)73(16,17)63(55)37-46)75(51-27-22-47(23-28-51)68(2,3)4)52-29-35-59-58-34-26-50(71(11,12)13)40-66(58)74(18,19)67(59)43-52/h20-43H,1-19H3. The average molecular weight is 984 g/mol. The molecule has 0 amide bonds. The second-order valence-corrected chi connectivity index (χ2v) is 28.5. The molecule has 8 aromatic carbocycles. The summed E-state index contributed by atoms with van der Waals surface area (Å²) in [5.41, 5.74) is 31.4. The smallest absolute Gasteiger partial charge is 0.0474 e. The Morgan fingerprint density at radius 3 is 0.893 bits per heavy atom. The number of anilines is 3. The molecule has 0 N–H and O–H groups in total. The van der Waals surface area contributed by atoms with E-state index in [2.05, 4.69) is 282 Å². The van der Waals surface area contributed by atoms with Gasteiger partial charge >= 0.3 is 0 Å². The van der Waals surface area contributed by atoms with Crippen LogP contribution < -0.4 is 4.90 Å². The van der Waals surface area contributed by atoms with Crippen molar-refractivity contribution in [2.45, 2.75) is 169 Å². The first kappa shape index (κ1) is 50.7. The Hall–Kier alpha value is -6.44. The number of fused-ring (bicyclic) bond motifs is 9. The molecule has 11 rings (SSSR count). The molecule has 0 aromatic heterocycles. The van der Waals surface area contributed by atoms with Crippen molar-refractivity contribution in [1.82, 2.24) is 0 Å². The summed E-state index contributed by atoms with van der Waals surface area (Å²) >= 11 is 0. The van der Waals surface area contributed by atoms with Gasteiger partial charge in [-0.1, -0.05) is 222 Å². The van der Waals surface area contributed by atoms with Gasteiger partial charge in [0.2, 0.25) is 0 Å². The van der Waals surface area contributed by atoms with Crippen molar-refractivity contribution >= 4 is 17.1 Å². The van der Waals surface area contributed by atoms with Gasteiger partial charge in [-0.05, 0) is 194 Å². The van der Waals surface area contributed by atoms with Gasteiger partial charge in [-0.25, -0.2) is 0 Å². The lowest BCUT2D eigenvalue weighted by Crippen LogP contribution is -2.18. The lowest BCUT2D eigenvalue weighted by atomic mass is 9.78. The number of rotatable bonds is 5. The van der Waals surface area contributed by atoms with Gasteiger partial charge in [0.15, 0.2) is 0 Å². The fourth-order valence-electron chi connectivity index (χ4n) is 13.1. The molecule has 8 aromatic rings. The first-order valence-electron chi connectivity index (χ1n) is 27.8. The molecule has 0 atom stereocenters. The van der Waals surface area contributed by atoms with Crippen LogP contribution in [0.2, 0.25) is 0 Å². The zero-order valence-corrected chi connectivity index (χ0v) is 48.8. The van der Waals surface area contributed by atoms with E-state index in [1.54, 1.807) is 0 Å². The minimum atomic E-state index is -0.182. The first-order valence-corrected chi connectivity index (χ1v) is 27.8. The second-order valence-electron chi connectivity index (χ2n) is 28.5. The van der Waals surface area contributed by atoms with E-state index in [4.69, 9.17) is 0 Å². The highest BCUT2D eigenvalue weighted by molar-refractivity contribution is 5.93. The van der Waals surface area contributed by atoms with Crippen molar-refractivity contribution in [1.29, 1.82) is 0 Å². The molecule has 0 saturated heterocycles. The maximum absolute atomic E-state index is 2.54. The van der Waals surface area contributed by atoms with Crippen LogP contribution in [0.15, 0.2) is 146 Å².